The van der Waals surface area contributed by atoms with Gasteiger partial charge < -0.3 is 24.8 Å². The predicted molar refractivity (Wildman–Crippen MR) is 62.6 cm³/mol. The Morgan fingerprint density at radius 3 is 3.06 bits per heavy atom. The first-order valence-electron chi connectivity index (χ1n) is 5.89. The van der Waals surface area contributed by atoms with Gasteiger partial charge >= 0.3 is 0 Å². The van der Waals surface area contributed by atoms with Gasteiger partial charge in [-0.1, -0.05) is 0 Å². The van der Waals surface area contributed by atoms with Crippen LogP contribution in [0.25, 0.3) is 0 Å². The number of nitrogens with zero attached hydrogens (tertiary/aromatic N) is 1. The Kier molecular flexibility index (Phi) is 6.91. The number of nitrogens with one attached hydrogen (secondary N) is 1. The minimum Gasteiger partial charge on any atom is -0.396 e. The third kappa shape index (κ3) is 5.23. The fourth-order valence-corrected chi connectivity index (χ4v) is 1.89. The topological polar surface area (TPSA) is 54.0 Å². The van der Waals surface area contributed by atoms with Gasteiger partial charge in [-0.05, 0) is 13.5 Å². The highest BCUT2D eigenvalue weighted by Crippen LogP contribution is 2.02. The van der Waals surface area contributed by atoms with E-state index in [2.05, 4.69) is 17.3 Å². The van der Waals surface area contributed by atoms with Crippen molar-refractivity contribution in [2.24, 2.45) is 0 Å². The second-order valence-corrected chi connectivity index (χ2v) is 4.33. The summed E-state index contributed by atoms with van der Waals surface area (Å²) in [6, 6.07) is 0.214. The van der Waals surface area contributed by atoms with Crippen LogP contribution < -0.4 is 5.32 Å². The number of hydrogen-bond acceptors (Lipinski definition) is 5. The first-order valence-corrected chi connectivity index (χ1v) is 5.89. The molecule has 0 radical (unpaired) electrons. The highest BCUT2D eigenvalue weighted by atomic mass is 16.5. The fourth-order valence-electron chi connectivity index (χ4n) is 1.89. The van der Waals surface area contributed by atoms with E-state index in [0.717, 1.165) is 32.7 Å². The molecule has 1 rings (SSSR count). The summed E-state index contributed by atoms with van der Waals surface area (Å²) in [5.74, 6) is 0. The van der Waals surface area contributed by atoms with Crippen molar-refractivity contribution >= 4 is 0 Å². The van der Waals surface area contributed by atoms with Gasteiger partial charge in [0, 0.05) is 39.4 Å². The van der Waals surface area contributed by atoms with Crippen LogP contribution in [-0.2, 0) is 9.47 Å². The molecule has 0 bridgehead atoms. The van der Waals surface area contributed by atoms with E-state index in [0.29, 0.717) is 6.61 Å². The number of aliphatic hydroxyl groups is 1. The molecule has 1 aliphatic rings. The van der Waals surface area contributed by atoms with Crippen molar-refractivity contribution in [3.63, 3.8) is 0 Å². The van der Waals surface area contributed by atoms with E-state index in [1.807, 2.05) is 0 Å². The molecule has 0 amide bonds. The molecule has 0 aliphatic carbocycles. The number of likely N-dealkylation sites (N-methyl/N-ethyl adjacent to an activating group) is 1. The molecule has 1 aliphatic heterocycles. The highest BCUT2D eigenvalue weighted by Gasteiger charge is 2.18. The number of methoxy groups -OCH3 is 1. The molecule has 2 unspecified atom stereocenters. The molecule has 1 heterocycles. The molecule has 0 aromatic carbocycles. The maximum Gasteiger partial charge on any atom is 0.0826 e. The number of morpholine rings is 1. The zero-order valence-corrected chi connectivity index (χ0v) is 10.3. The number of hydrogen-bond donors (Lipinski definition) is 2. The standard InChI is InChI=1S/C11H24N2O3/c1-13-4-6-16-11(8-13)7-12-10(3-5-14)9-15-2/h10-12,14H,3-9H2,1-2H3. The molecular formula is C11H24N2O3. The number of aliphatic hydroxyl groups excluding tert-OH is 1. The summed E-state index contributed by atoms with van der Waals surface area (Å²) in [6.07, 6.45) is 0.966. The summed E-state index contributed by atoms with van der Waals surface area (Å²) >= 11 is 0. The van der Waals surface area contributed by atoms with Crippen molar-refractivity contribution in [2.45, 2.75) is 18.6 Å². The zero-order chi connectivity index (χ0) is 11.8. The van der Waals surface area contributed by atoms with Crippen LogP contribution in [0.4, 0.5) is 0 Å². The van der Waals surface area contributed by atoms with Gasteiger partial charge in [-0.2, -0.15) is 0 Å². The average molecular weight is 232 g/mol. The molecule has 0 aromatic rings. The molecule has 2 N–H and O–H groups in total. The zero-order valence-electron chi connectivity index (χ0n) is 10.3. The molecule has 0 spiro atoms. The molecule has 5 nitrogen and oxygen atoms in total. The van der Waals surface area contributed by atoms with Gasteiger partial charge in [0.25, 0.3) is 0 Å². The second-order valence-electron chi connectivity index (χ2n) is 4.33. The first kappa shape index (κ1) is 13.9. The molecular weight excluding hydrogens is 208 g/mol. The lowest BCUT2D eigenvalue weighted by Crippen LogP contribution is -2.47. The van der Waals surface area contributed by atoms with Gasteiger partial charge in [-0.3, -0.25) is 0 Å². The molecule has 1 fully saturated rings. The van der Waals surface area contributed by atoms with Crippen molar-refractivity contribution in [3.8, 4) is 0 Å². The van der Waals surface area contributed by atoms with Crippen LogP contribution in [0.5, 0.6) is 0 Å². The average Bonchev–Trinajstić information content (AvgIpc) is 2.27. The Bertz CT molecular complexity index is 170. The summed E-state index contributed by atoms with van der Waals surface area (Å²) in [5, 5.41) is 12.3. The van der Waals surface area contributed by atoms with Gasteiger partial charge in [-0.15, -0.1) is 0 Å². The van der Waals surface area contributed by atoms with Crippen LogP contribution in [0.15, 0.2) is 0 Å². The lowest BCUT2D eigenvalue weighted by molar-refractivity contribution is -0.0207. The lowest BCUT2D eigenvalue weighted by Gasteiger charge is -2.31. The summed E-state index contributed by atoms with van der Waals surface area (Å²) in [7, 11) is 3.78. The van der Waals surface area contributed by atoms with Gasteiger partial charge in [0.15, 0.2) is 0 Å². The van der Waals surface area contributed by atoms with Crippen LogP contribution in [0.1, 0.15) is 6.42 Å². The molecule has 2 atom stereocenters. The van der Waals surface area contributed by atoms with Crippen LogP contribution in [0.2, 0.25) is 0 Å². The summed E-state index contributed by atoms with van der Waals surface area (Å²) in [4.78, 5) is 2.27. The van der Waals surface area contributed by atoms with Crippen molar-refractivity contribution in [1.82, 2.24) is 10.2 Å². The molecule has 0 aromatic heterocycles. The van der Waals surface area contributed by atoms with E-state index in [1.54, 1.807) is 7.11 Å². The minimum atomic E-state index is 0.187. The van der Waals surface area contributed by atoms with E-state index in [-0.39, 0.29) is 18.8 Å². The molecule has 96 valence electrons. The summed E-state index contributed by atoms with van der Waals surface area (Å²) in [5.41, 5.74) is 0. The maximum atomic E-state index is 8.91. The third-order valence-corrected chi connectivity index (χ3v) is 2.82. The molecule has 5 heteroatoms. The van der Waals surface area contributed by atoms with E-state index < -0.39 is 0 Å². The number of ether oxygens (including phenoxy) is 2. The Balaban J connectivity index is 2.19. The molecule has 0 saturated carbocycles. The van der Waals surface area contributed by atoms with Gasteiger partial charge in [-0.25, -0.2) is 0 Å². The number of rotatable bonds is 7. The van der Waals surface area contributed by atoms with Gasteiger partial charge in [0.05, 0.1) is 19.3 Å². The smallest absolute Gasteiger partial charge is 0.0826 e. The third-order valence-electron chi connectivity index (χ3n) is 2.82. The van der Waals surface area contributed by atoms with Crippen LogP contribution >= 0.6 is 0 Å². The van der Waals surface area contributed by atoms with Crippen molar-refractivity contribution in [1.29, 1.82) is 0 Å². The van der Waals surface area contributed by atoms with Crippen LogP contribution in [0, 0.1) is 0 Å². The van der Waals surface area contributed by atoms with Crippen molar-refractivity contribution in [3.05, 3.63) is 0 Å². The largest absolute Gasteiger partial charge is 0.396 e. The Hall–Kier alpha value is -0.200. The van der Waals surface area contributed by atoms with Crippen molar-refractivity contribution < 1.29 is 14.6 Å². The maximum absolute atomic E-state index is 8.91. The first-order chi connectivity index (χ1) is 7.76. The lowest BCUT2D eigenvalue weighted by atomic mass is 10.2. The minimum absolute atomic E-state index is 0.187. The monoisotopic (exact) mass is 232 g/mol. The molecule has 16 heavy (non-hydrogen) atoms. The van der Waals surface area contributed by atoms with E-state index in [1.165, 1.54) is 0 Å². The Morgan fingerprint density at radius 2 is 2.44 bits per heavy atom. The summed E-state index contributed by atoms with van der Waals surface area (Å²) < 4.78 is 10.7. The van der Waals surface area contributed by atoms with Crippen LogP contribution in [0.3, 0.4) is 0 Å². The Labute approximate surface area is 97.7 Å². The van der Waals surface area contributed by atoms with E-state index in [4.69, 9.17) is 14.6 Å². The quantitative estimate of drug-likeness (QED) is 0.608. The Morgan fingerprint density at radius 1 is 1.62 bits per heavy atom. The van der Waals surface area contributed by atoms with Crippen molar-refractivity contribution in [2.75, 3.05) is 53.6 Å². The predicted octanol–water partition coefficient (Wildman–Crippen LogP) is -0.696. The second kappa shape index (κ2) is 7.97. The van der Waals surface area contributed by atoms with E-state index >= 15 is 0 Å². The van der Waals surface area contributed by atoms with Gasteiger partial charge in [0.2, 0.25) is 0 Å². The van der Waals surface area contributed by atoms with Crippen LogP contribution in [-0.4, -0.2) is 75.8 Å². The highest BCUT2D eigenvalue weighted by molar-refractivity contribution is 4.74. The normalized spacial score (nSPS) is 24.6. The van der Waals surface area contributed by atoms with Gasteiger partial charge in [0.1, 0.15) is 0 Å². The SMILES string of the molecule is COCC(CCO)NCC1CN(C)CCO1. The fraction of sp³-hybridized carbons (Fsp3) is 1.00. The summed E-state index contributed by atoms with van der Waals surface area (Å²) in [6.45, 7) is 4.41. The van der Waals surface area contributed by atoms with E-state index in [9.17, 15) is 0 Å². The molecule has 1 saturated heterocycles.